The molecule has 0 fully saturated rings. The molecule has 0 aliphatic carbocycles. The summed E-state index contributed by atoms with van der Waals surface area (Å²) in [6, 6.07) is 0. The van der Waals surface area contributed by atoms with Gasteiger partial charge in [-0.2, -0.15) is 0 Å². The van der Waals surface area contributed by atoms with E-state index in [1.54, 1.807) is 0 Å². The van der Waals surface area contributed by atoms with Crippen LogP contribution in [0.3, 0.4) is 0 Å². The zero-order chi connectivity index (χ0) is 38.4. The monoisotopic (exact) mass is 752 g/mol. The van der Waals surface area contributed by atoms with Crippen molar-refractivity contribution in [3.05, 3.63) is 72.9 Å². The lowest BCUT2D eigenvalue weighted by molar-refractivity contribution is -0.161. The second-order valence-electron chi connectivity index (χ2n) is 12.6. The van der Waals surface area contributed by atoms with Crippen LogP contribution in [0.2, 0.25) is 0 Å². The van der Waals surface area contributed by atoms with E-state index >= 15 is 0 Å². The van der Waals surface area contributed by atoms with E-state index in [9.17, 15) is 24.2 Å². The van der Waals surface area contributed by atoms with Gasteiger partial charge in [-0.25, -0.2) is 4.57 Å². The highest BCUT2D eigenvalue weighted by atomic mass is 31.2. The van der Waals surface area contributed by atoms with Gasteiger partial charge in [0.15, 0.2) is 6.10 Å². The number of esters is 2. The summed E-state index contributed by atoms with van der Waals surface area (Å²) in [5.41, 5.74) is 0. The highest BCUT2D eigenvalue weighted by Crippen LogP contribution is 2.43. The predicted molar refractivity (Wildman–Crippen MR) is 210 cm³/mol. The van der Waals surface area contributed by atoms with E-state index in [0.29, 0.717) is 12.8 Å². The van der Waals surface area contributed by atoms with E-state index in [1.165, 1.54) is 0 Å². The van der Waals surface area contributed by atoms with Gasteiger partial charge < -0.3 is 24.6 Å². The molecular weight excluding hydrogens is 683 g/mol. The number of aliphatic hydroxyl groups is 2. The summed E-state index contributed by atoms with van der Waals surface area (Å²) in [5, 5.41) is 18.3. The second-order valence-corrected chi connectivity index (χ2v) is 14.1. The molecule has 10 nitrogen and oxygen atoms in total. The molecular formula is C41H69O10P. The Kier molecular flexibility index (Phi) is 34.9. The van der Waals surface area contributed by atoms with Crippen LogP contribution in [0.15, 0.2) is 72.9 Å². The fraction of sp³-hybridized carbons (Fsp3) is 0.659. The number of hydrogen-bond acceptors (Lipinski definition) is 9. The average Bonchev–Trinajstić information content (AvgIpc) is 3.13. The topological polar surface area (TPSA) is 149 Å². The van der Waals surface area contributed by atoms with Gasteiger partial charge in [-0.15, -0.1) is 0 Å². The van der Waals surface area contributed by atoms with Gasteiger partial charge in [-0.1, -0.05) is 132 Å². The highest BCUT2D eigenvalue weighted by molar-refractivity contribution is 7.47. The first kappa shape index (κ1) is 49.4. The third kappa shape index (κ3) is 35.8. The molecule has 0 aliphatic heterocycles. The first-order valence-corrected chi connectivity index (χ1v) is 20.9. The summed E-state index contributed by atoms with van der Waals surface area (Å²) in [7, 11) is -4.63. The van der Waals surface area contributed by atoms with Crippen molar-refractivity contribution >= 4 is 19.8 Å². The number of unbranched alkanes of at least 4 members (excludes halogenated alkanes) is 11. The van der Waals surface area contributed by atoms with Gasteiger partial charge in [0.05, 0.1) is 19.8 Å². The largest absolute Gasteiger partial charge is 0.472 e. The number of rotatable bonds is 35. The van der Waals surface area contributed by atoms with Crippen LogP contribution in [0.25, 0.3) is 0 Å². The Labute approximate surface area is 314 Å². The molecule has 52 heavy (non-hydrogen) atoms. The van der Waals surface area contributed by atoms with E-state index in [2.05, 4.69) is 67.0 Å². The fourth-order valence-corrected chi connectivity index (χ4v) is 5.50. The first-order chi connectivity index (χ1) is 25.2. The molecule has 0 spiro atoms. The molecule has 2 unspecified atom stereocenters. The molecule has 11 heteroatoms. The number of phosphoric acid groups is 1. The summed E-state index contributed by atoms with van der Waals surface area (Å²) >= 11 is 0. The summed E-state index contributed by atoms with van der Waals surface area (Å²) in [4.78, 5) is 34.9. The molecule has 3 atom stereocenters. The maximum Gasteiger partial charge on any atom is 0.472 e. The van der Waals surface area contributed by atoms with Crippen molar-refractivity contribution in [3.63, 3.8) is 0 Å². The summed E-state index contributed by atoms with van der Waals surface area (Å²) in [5.74, 6) is -0.973. The van der Waals surface area contributed by atoms with Crippen LogP contribution in [0.1, 0.15) is 136 Å². The summed E-state index contributed by atoms with van der Waals surface area (Å²) in [6.45, 7) is 2.06. The Morgan fingerprint density at radius 3 is 1.71 bits per heavy atom. The molecule has 0 amide bonds. The Morgan fingerprint density at radius 1 is 0.596 bits per heavy atom. The highest BCUT2D eigenvalue weighted by Gasteiger charge is 2.27. The molecule has 0 aromatic heterocycles. The van der Waals surface area contributed by atoms with Crippen LogP contribution in [0.5, 0.6) is 0 Å². The zero-order valence-electron chi connectivity index (χ0n) is 32.0. The molecule has 0 saturated carbocycles. The standard InChI is InChI=1S/C41H69O10P/c1-3-5-7-9-11-13-15-17-18-19-21-22-24-26-28-30-32-40(44)48-36-39(37-50-52(46,47)49-35-38(43)34-42)51-41(45)33-31-29-27-25-23-20-16-14-12-10-8-6-4-2/h5-8,10-14,16-18,38-39,42-43H,3-4,9,15,19-37H2,1-2H3,(H,46,47)/b7-5+,8-6+,12-10+,13-11+,16-14+,18-17+/t38-,39?/m0/s1. The summed E-state index contributed by atoms with van der Waals surface area (Å²) < 4.78 is 32.6. The fourth-order valence-electron chi connectivity index (χ4n) is 4.71. The number of carbonyl (C=O) groups is 2. The lowest BCUT2D eigenvalue weighted by Crippen LogP contribution is -2.29. The minimum atomic E-state index is -4.63. The number of ether oxygens (including phenoxy) is 2. The van der Waals surface area contributed by atoms with Gasteiger partial charge >= 0.3 is 19.8 Å². The van der Waals surface area contributed by atoms with Crippen LogP contribution >= 0.6 is 7.82 Å². The third-order valence-electron chi connectivity index (χ3n) is 7.67. The van der Waals surface area contributed by atoms with Crippen molar-refractivity contribution in [1.29, 1.82) is 0 Å². The van der Waals surface area contributed by atoms with Gasteiger partial charge in [0, 0.05) is 12.8 Å². The number of allylic oxidation sites excluding steroid dienone is 12. The molecule has 0 radical (unpaired) electrons. The van der Waals surface area contributed by atoms with Crippen molar-refractivity contribution in [3.8, 4) is 0 Å². The lowest BCUT2D eigenvalue weighted by Gasteiger charge is -2.20. The van der Waals surface area contributed by atoms with Gasteiger partial charge in [-0.3, -0.25) is 18.6 Å². The maximum absolute atomic E-state index is 12.5. The van der Waals surface area contributed by atoms with E-state index < -0.39 is 51.8 Å². The molecule has 3 N–H and O–H groups in total. The van der Waals surface area contributed by atoms with Gasteiger partial charge in [-0.05, 0) is 64.2 Å². The average molecular weight is 753 g/mol. The molecule has 0 rings (SSSR count). The van der Waals surface area contributed by atoms with E-state index in [4.69, 9.17) is 19.1 Å². The van der Waals surface area contributed by atoms with Crippen molar-refractivity contribution in [2.75, 3.05) is 26.4 Å². The normalized spacial score (nSPS) is 14.8. The minimum absolute atomic E-state index is 0.154. The van der Waals surface area contributed by atoms with Crippen molar-refractivity contribution in [1.82, 2.24) is 0 Å². The predicted octanol–water partition coefficient (Wildman–Crippen LogP) is 9.72. The SMILES string of the molecule is CC/C=C/C=C/C=C/CCCCCCCC(=O)OC(COC(=O)CCCCCCCC/C=C/C/C=C/C/C=C/CC)COP(=O)(O)OC[C@@H](O)CO. The lowest BCUT2D eigenvalue weighted by atomic mass is 10.1. The molecule has 0 aromatic rings. The molecule has 0 aliphatic rings. The Balaban J connectivity index is 4.41. The molecule has 0 bridgehead atoms. The Hall–Kier alpha value is -2.59. The minimum Gasteiger partial charge on any atom is -0.462 e. The maximum atomic E-state index is 12.5. The van der Waals surface area contributed by atoms with Crippen molar-refractivity contribution < 1.29 is 47.8 Å². The number of hydrogen-bond donors (Lipinski definition) is 3. The molecule has 0 saturated heterocycles. The van der Waals surface area contributed by atoms with E-state index in [-0.39, 0.29) is 19.4 Å². The van der Waals surface area contributed by atoms with Gasteiger partial charge in [0.1, 0.15) is 12.7 Å². The zero-order valence-corrected chi connectivity index (χ0v) is 32.9. The van der Waals surface area contributed by atoms with Gasteiger partial charge in [0.2, 0.25) is 0 Å². The third-order valence-corrected chi connectivity index (χ3v) is 8.62. The number of phosphoric ester groups is 1. The summed E-state index contributed by atoms with van der Waals surface area (Å²) in [6.07, 6.45) is 40.1. The number of carbonyl (C=O) groups excluding carboxylic acids is 2. The second kappa shape index (κ2) is 36.8. The molecule has 0 aromatic carbocycles. The van der Waals surface area contributed by atoms with Crippen LogP contribution in [0.4, 0.5) is 0 Å². The van der Waals surface area contributed by atoms with Crippen LogP contribution in [-0.2, 0) is 32.7 Å². The van der Waals surface area contributed by atoms with Crippen LogP contribution < -0.4 is 0 Å². The van der Waals surface area contributed by atoms with Crippen molar-refractivity contribution in [2.24, 2.45) is 0 Å². The van der Waals surface area contributed by atoms with Crippen LogP contribution in [-0.4, -0.2) is 65.7 Å². The smallest absolute Gasteiger partial charge is 0.462 e. The molecule has 0 heterocycles. The number of aliphatic hydroxyl groups excluding tert-OH is 2. The molecule has 298 valence electrons. The van der Waals surface area contributed by atoms with E-state index in [1.807, 2.05) is 24.3 Å². The van der Waals surface area contributed by atoms with Crippen LogP contribution in [0, 0.1) is 0 Å². The quantitative estimate of drug-likeness (QED) is 0.0188. The first-order valence-electron chi connectivity index (χ1n) is 19.4. The van der Waals surface area contributed by atoms with Crippen molar-refractivity contribution in [2.45, 2.75) is 148 Å². The Morgan fingerprint density at radius 2 is 1.10 bits per heavy atom. The van der Waals surface area contributed by atoms with Gasteiger partial charge in [0.25, 0.3) is 0 Å². The van der Waals surface area contributed by atoms with E-state index in [0.717, 1.165) is 96.3 Å². The Bertz CT molecular complexity index is 1100.